The lowest BCUT2D eigenvalue weighted by Crippen LogP contribution is -2.81. The van der Waals surface area contributed by atoms with Crippen molar-refractivity contribution in [2.75, 3.05) is 13.2 Å². The molecule has 1 unspecified atom stereocenters. The van der Waals surface area contributed by atoms with Gasteiger partial charge in [0.25, 0.3) is 7.82 Å². The Hall–Kier alpha value is -1.63. The van der Waals surface area contributed by atoms with E-state index in [0.29, 0.717) is 0 Å². The molecule has 11 atom stereocenters. The number of ether oxygens (including phenoxy) is 2. The molecular formula is C22H28N2O10P-. The number of phosphoric acid groups is 1. The number of carbonyl (C=O) groups excluding carboxylic acids is 2. The van der Waals surface area contributed by atoms with Crippen LogP contribution in [-0.4, -0.2) is 83.1 Å². The molecule has 0 aromatic rings. The minimum Gasteiger partial charge on any atom is -0.756 e. The van der Waals surface area contributed by atoms with Crippen molar-refractivity contribution in [3.63, 3.8) is 0 Å². The number of amides is 3. The second kappa shape index (κ2) is 7.69. The highest BCUT2D eigenvalue weighted by molar-refractivity contribution is 7.45. The quantitative estimate of drug-likeness (QED) is 0.393. The van der Waals surface area contributed by atoms with Crippen molar-refractivity contribution in [3.8, 4) is 0 Å². The van der Waals surface area contributed by atoms with Gasteiger partial charge in [-0.1, -0.05) is 25.2 Å². The average Bonchev–Trinajstić information content (AvgIpc) is 3.36. The first-order valence-electron chi connectivity index (χ1n) is 11.8. The lowest BCUT2D eigenvalue weighted by molar-refractivity contribution is -0.234. The topological polar surface area (TPSA) is 167 Å². The maximum atomic E-state index is 13.1. The zero-order valence-electron chi connectivity index (χ0n) is 19.2. The van der Waals surface area contributed by atoms with E-state index in [2.05, 4.69) is 5.32 Å². The van der Waals surface area contributed by atoms with Gasteiger partial charge in [-0.25, -0.2) is 4.79 Å². The van der Waals surface area contributed by atoms with E-state index in [1.165, 1.54) is 4.90 Å². The summed E-state index contributed by atoms with van der Waals surface area (Å²) in [5.74, 6) is -0.607. The molecule has 0 aromatic carbocycles. The normalized spacial score (nSPS) is 52.8. The van der Waals surface area contributed by atoms with Gasteiger partial charge in [-0.2, -0.15) is 0 Å². The largest absolute Gasteiger partial charge is 0.756 e. The smallest absolute Gasteiger partial charge is 0.326 e. The van der Waals surface area contributed by atoms with Gasteiger partial charge < -0.3 is 33.6 Å². The summed E-state index contributed by atoms with van der Waals surface area (Å²) in [6.45, 7) is 2.79. The molecule has 4 fully saturated rings. The van der Waals surface area contributed by atoms with E-state index in [1.54, 1.807) is 6.92 Å². The first-order chi connectivity index (χ1) is 16.5. The maximum Gasteiger partial charge on any atom is 0.326 e. The van der Waals surface area contributed by atoms with Crippen LogP contribution in [0.3, 0.4) is 0 Å². The van der Waals surface area contributed by atoms with Gasteiger partial charge in [0.05, 0.1) is 43.0 Å². The molecule has 2 aliphatic carbocycles. The monoisotopic (exact) mass is 511 g/mol. The number of aliphatic hydroxyl groups excluding tert-OH is 2. The van der Waals surface area contributed by atoms with Gasteiger partial charge >= 0.3 is 6.03 Å². The van der Waals surface area contributed by atoms with Gasteiger partial charge in [-0.05, 0) is 12.5 Å². The predicted molar refractivity (Wildman–Crippen MR) is 114 cm³/mol. The molecule has 3 N–H and O–H groups in total. The third-order valence-electron chi connectivity index (χ3n) is 8.58. The number of imide groups is 1. The highest BCUT2D eigenvalue weighted by atomic mass is 31.2. The van der Waals surface area contributed by atoms with E-state index >= 15 is 0 Å². The van der Waals surface area contributed by atoms with Crippen molar-refractivity contribution in [1.29, 1.82) is 0 Å². The Morgan fingerprint density at radius 1 is 1.26 bits per heavy atom. The minimum atomic E-state index is -4.87. The van der Waals surface area contributed by atoms with Crippen LogP contribution in [0.2, 0.25) is 0 Å². The third kappa shape index (κ3) is 3.28. The molecule has 4 aliphatic heterocycles. The third-order valence-corrected chi connectivity index (χ3v) is 9.58. The zero-order chi connectivity index (χ0) is 24.9. The standard InChI is InChI=1S/C22H29N2O10P/c1-21-7-10-3-4-16(21)22(2)18(21)24(20(28)23-19(22)27)17-6-13(14(8-25)33-17)34-35(29,30)31-9-15-11(26)5-12(10)32-15/h3-4,7,11-18,25-26H,5-6,8-9H2,1-2H3,(H,29,30)(H,23,27,28)/p-1/t11-,12-,13-,14-,15-,16-,17-,18+,21+,22-/m1/s1. The highest BCUT2D eigenvalue weighted by Gasteiger charge is 2.74. The number of fused-ring (bicyclic) bond motifs is 7. The summed E-state index contributed by atoms with van der Waals surface area (Å²) in [4.78, 5) is 40.2. The van der Waals surface area contributed by atoms with Crippen molar-refractivity contribution in [1.82, 2.24) is 10.2 Å². The average molecular weight is 511 g/mol. The number of hydrogen-bond donors (Lipinski definition) is 3. The number of nitrogens with zero attached hydrogens (tertiary/aromatic N) is 1. The van der Waals surface area contributed by atoms with E-state index in [1.807, 2.05) is 25.2 Å². The minimum absolute atomic E-state index is 0.0483. The number of nitrogens with one attached hydrogen (secondary N) is 1. The summed E-state index contributed by atoms with van der Waals surface area (Å²) >= 11 is 0. The lowest BCUT2D eigenvalue weighted by Gasteiger charge is -2.69. The number of phosphoric ester groups is 1. The molecule has 6 rings (SSSR count). The Balaban J connectivity index is 1.45. The van der Waals surface area contributed by atoms with Gasteiger partial charge in [-0.3, -0.25) is 19.6 Å². The number of aliphatic hydroxyl groups is 2. The Morgan fingerprint density at radius 2 is 2.03 bits per heavy atom. The van der Waals surface area contributed by atoms with Crippen LogP contribution >= 0.6 is 7.82 Å². The van der Waals surface area contributed by atoms with Crippen molar-refractivity contribution < 1.29 is 47.8 Å². The van der Waals surface area contributed by atoms with Gasteiger partial charge in [0.1, 0.15) is 18.4 Å². The first kappa shape index (κ1) is 23.7. The van der Waals surface area contributed by atoms with Crippen molar-refractivity contribution in [2.45, 2.75) is 69.5 Å². The number of hydrogen-bond acceptors (Lipinski definition) is 10. The second-order valence-corrected chi connectivity index (χ2v) is 12.0. The molecule has 35 heavy (non-hydrogen) atoms. The summed E-state index contributed by atoms with van der Waals surface area (Å²) in [5, 5.41) is 22.8. The summed E-state index contributed by atoms with van der Waals surface area (Å²) in [6, 6.07) is -1.26. The molecule has 0 aromatic heterocycles. The van der Waals surface area contributed by atoms with Crippen LogP contribution in [0, 0.1) is 16.7 Å². The van der Waals surface area contributed by atoms with E-state index in [9.17, 15) is 29.3 Å². The predicted octanol–water partition coefficient (Wildman–Crippen LogP) is -0.445. The maximum absolute atomic E-state index is 13.1. The Morgan fingerprint density at radius 3 is 2.77 bits per heavy atom. The van der Waals surface area contributed by atoms with Gasteiger partial charge in [0.2, 0.25) is 5.91 Å². The molecule has 3 saturated heterocycles. The fourth-order valence-electron chi connectivity index (χ4n) is 7.09. The summed E-state index contributed by atoms with van der Waals surface area (Å²) in [5.41, 5.74) is -0.831. The van der Waals surface area contributed by atoms with Crippen LogP contribution in [0.25, 0.3) is 0 Å². The number of allylic oxidation sites excluding steroid dienone is 1. The Labute approximate surface area is 201 Å². The molecule has 6 aliphatic rings. The lowest BCUT2D eigenvalue weighted by atomic mass is 9.40. The molecule has 6 bridgehead atoms. The number of carbonyl (C=O) groups is 2. The molecule has 1 saturated carbocycles. The Bertz CT molecular complexity index is 1080. The van der Waals surface area contributed by atoms with E-state index in [-0.39, 0.29) is 24.7 Å². The highest BCUT2D eigenvalue weighted by Crippen LogP contribution is 2.66. The van der Waals surface area contributed by atoms with Crippen molar-refractivity contribution >= 4 is 19.8 Å². The zero-order valence-corrected chi connectivity index (χ0v) is 20.1. The molecule has 12 nitrogen and oxygen atoms in total. The van der Waals surface area contributed by atoms with E-state index in [4.69, 9.17) is 18.5 Å². The summed E-state index contributed by atoms with van der Waals surface area (Å²) in [6.07, 6.45) is 0.562. The van der Waals surface area contributed by atoms with Crippen LogP contribution in [0.15, 0.2) is 23.8 Å². The SMILES string of the molecule is C[C@]12C=C3C=C[C@H]1[C@@]1(C)C(=O)NC(=O)N([C@H]4C[C@@H](OP(=O)([O-])OC[C@H]5O[C@@H]3C[C@H]5O)[C@@H](CO)O4)[C@@H]21. The molecule has 0 radical (unpaired) electrons. The van der Waals surface area contributed by atoms with Crippen LogP contribution in [-0.2, 0) is 27.9 Å². The van der Waals surface area contributed by atoms with Crippen LogP contribution in [0.1, 0.15) is 26.7 Å². The fraction of sp³-hybridized carbons (Fsp3) is 0.727. The van der Waals surface area contributed by atoms with Crippen LogP contribution in [0.4, 0.5) is 4.79 Å². The second-order valence-electron chi connectivity index (χ2n) is 10.6. The summed E-state index contributed by atoms with van der Waals surface area (Å²) < 4.78 is 34.7. The molecule has 13 heteroatoms. The molecule has 4 heterocycles. The van der Waals surface area contributed by atoms with Crippen LogP contribution in [0.5, 0.6) is 0 Å². The summed E-state index contributed by atoms with van der Waals surface area (Å²) in [7, 11) is -4.87. The van der Waals surface area contributed by atoms with Gasteiger partial charge in [-0.15, -0.1) is 0 Å². The van der Waals surface area contributed by atoms with Crippen molar-refractivity contribution in [3.05, 3.63) is 23.8 Å². The van der Waals surface area contributed by atoms with E-state index in [0.717, 1.165) is 5.57 Å². The Kier molecular flexibility index (Phi) is 5.22. The molecular weight excluding hydrogens is 483 g/mol. The van der Waals surface area contributed by atoms with Crippen molar-refractivity contribution in [2.24, 2.45) is 16.7 Å². The molecule has 0 spiro atoms. The first-order valence-corrected chi connectivity index (χ1v) is 13.2. The van der Waals surface area contributed by atoms with Gasteiger partial charge in [0.15, 0.2) is 0 Å². The molecule has 3 amide bonds. The van der Waals surface area contributed by atoms with Gasteiger partial charge in [0, 0.05) is 24.2 Å². The van der Waals surface area contributed by atoms with E-state index < -0.39 is 80.7 Å². The number of rotatable bonds is 1. The molecule has 192 valence electrons. The van der Waals surface area contributed by atoms with Crippen LogP contribution < -0.4 is 10.2 Å². The number of urea groups is 1. The fourth-order valence-corrected chi connectivity index (χ4v) is 8.04.